The molecule has 0 spiro atoms. The molecule has 0 amide bonds. The van der Waals surface area contributed by atoms with E-state index in [9.17, 15) is 0 Å². The van der Waals surface area contributed by atoms with Crippen molar-refractivity contribution in [3.05, 3.63) is 28.8 Å². The van der Waals surface area contributed by atoms with Crippen molar-refractivity contribution in [2.24, 2.45) is 5.92 Å². The molecule has 20 heavy (non-hydrogen) atoms. The molecule has 0 saturated heterocycles. The van der Waals surface area contributed by atoms with Crippen molar-refractivity contribution in [3.63, 3.8) is 0 Å². The van der Waals surface area contributed by atoms with Crippen LogP contribution < -0.4 is 10.2 Å². The minimum absolute atomic E-state index is 0.699. The summed E-state index contributed by atoms with van der Waals surface area (Å²) in [4.78, 5) is 2.45. The number of hydrogen-bond acceptors (Lipinski definition) is 2. The lowest BCUT2D eigenvalue weighted by Gasteiger charge is -2.29. The van der Waals surface area contributed by atoms with Gasteiger partial charge in [-0.25, -0.2) is 0 Å². The Kier molecular flexibility index (Phi) is 8.01. The van der Waals surface area contributed by atoms with E-state index in [0.29, 0.717) is 5.92 Å². The molecule has 1 atom stereocenters. The van der Waals surface area contributed by atoms with Crippen molar-refractivity contribution in [2.75, 3.05) is 24.5 Å². The van der Waals surface area contributed by atoms with Crippen molar-refractivity contribution >= 4 is 17.3 Å². The van der Waals surface area contributed by atoms with Crippen LogP contribution in [0.2, 0.25) is 5.02 Å². The van der Waals surface area contributed by atoms with E-state index in [0.717, 1.165) is 37.6 Å². The molecule has 1 aromatic rings. The minimum atomic E-state index is 0.699. The molecule has 3 heteroatoms. The third kappa shape index (κ3) is 4.99. The Labute approximate surface area is 129 Å². The Hall–Kier alpha value is -0.730. The van der Waals surface area contributed by atoms with Gasteiger partial charge < -0.3 is 10.2 Å². The number of hydrogen-bond donors (Lipinski definition) is 1. The third-order valence-electron chi connectivity index (χ3n) is 3.77. The number of nitrogens with zero attached hydrogens (tertiary/aromatic N) is 1. The zero-order valence-electron chi connectivity index (χ0n) is 13.4. The van der Waals surface area contributed by atoms with Crippen LogP contribution in [0, 0.1) is 5.92 Å². The molecule has 2 nitrogen and oxygen atoms in total. The summed E-state index contributed by atoms with van der Waals surface area (Å²) in [5, 5.41) is 4.34. The highest BCUT2D eigenvalue weighted by molar-refractivity contribution is 6.31. The van der Waals surface area contributed by atoms with Gasteiger partial charge in [0.05, 0.1) is 0 Å². The zero-order valence-corrected chi connectivity index (χ0v) is 14.1. The molecular formula is C17H29ClN2. The summed E-state index contributed by atoms with van der Waals surface area (Å²) in [7, 11) is 0. The van der Waals surface area contributed by atoms with E-state index >= 15 is 0 Å². The topological polar surface area (TPSA) is 15.3 Å². The van der Waals surface area contributed by atoms with Crippen LogP contribution in [0.3, 0.4) is 0 Å². The minimum Gasteiger partial charge on any atom is -0.371 e. The van der Waals surface area contributed by atoms with E-state index in [2.05, 4.69) is 50.0 Å². The van der Waals surface area contributed by atoms with Gasteiger partial charge in [-0.3, -0.25) is 0 Å². The Morgan fingerprint density at radius 3 is 2.60 bits per heavy atom. The van der Waals surface area contributed by atoms with Crippen molar-refractivity contribution in [1.29, 1.82) is 0 Å². The van der Waals surface area contributed by atoms with Gasteiger partial charge in [-0.05, 0) is 37.9 Å². The molecular weight excluding hydrogens is 268 g/mol. The van der Waals surface area contributed by atoms with E-state index in [-0.39, 0.29) is 0 Å². The molecule has 0 aliphatic rings. The highest BCUT2D eigenvalue weighted by atomic mass is 35.5. The molecule has 1 rings (SSSR count). The summed E-state index contributed by atoms with van der Waals surface area (Å²) >= 11 is 6.41. The highest BCUT2D eigenvalue weighted by Crippen LogP contribution is 2.28. The summed E-state index contributed by atoms with van der Waals surface area (Å²) in [5.41, 5.74) is 2.51. The normalized spacial score (nSPS) is 12.4. The van der Waals surface area contributed by atoms with Gasteiger partial charge >= 0.3 is 0 Å². The van der Waals surface area contributed by atoms with Gasteiger partial charge in [-0.15, -0.1) is 0 Å². The number of halogens is 1. The van der Waals surface area contributed by atoms with Crippen LogP contribution in [0.4, 0.5) is 5.69 Å². The molecule has 1 aromatic carbocycles. The lowest BCUT2D eigenvalue weighted by atomic mass is 10.1. The molecule has 1 N–H and O–H groups in total. The summed E-state index contributed by atoms with van der Waals surface area (Å²) in [6.45, 7) is 12.9. The smallest absolute Gasteiger partial charge is 0.0471 e. The second-order valence-corrected chi connectivity index (χ2v) is 5.87. The first-order valence-electron chi connectivity index (χ1n) is 7.86. The molecule has 0 radical (unpaired) electrons. The third-order valence-corrected chi connectivity index (χ3v) is 4.13. The predicted molar refractivity (Wildman–Crippen MR) is 90.8 cm³/mol. The van der Waals surface area contributed by atoms with E-state index in [4.69, 9.17) is 11.6 Å². The van der Waals surface area contributed by atoms with Crippen LogP contribution in [0.25, 0.3) is 0 Å². The van der Waals surface area contributed by atoms with Gasteiger partial charge in [-0.2, -0.15) is 0 Å². The molecule has 0 heterocycles. The largest absolute Gasteiger partial charge is 0.371 e. The second kappa shape index (κ2) is 9.25. The van der Waals surface area contributed by atoms with E-state index in [1.807, 2.05) is 6.07 Å². The summed E-state index contributed by atoms with van der Waals surface area (Å²) in [6, 6.07) is 6.24. The molecule has 0 fully saturated rings. The fourth-order valence-electron chi connectivity index (χ4n) is 2.31. The molecule has 0 bridgehead atoms. The first-order valence-corrected chi connectivity index (χ1v) is 8.24. The van der Waals surface area contributed by atoms with Crippen molar-refractivity contribution in [1.82, 2.24) is 5.32 Å². The highest BCUT2D eigenvalue weighted by Gasteiger charge is 2.14. The number of benzene rings is 1. The molecule has 1 unspecified atom stereocenters. The zero-order chi connectivity index (χ0) is 15.0. The fourth-order valence-corrected chi connectivity index (χ4v) is 2.55. The average Bonchev–Trinajstić information content (AvgIpc) is 2.46. The van der Waals surface area contributed by atoms with Gasteiger partial charge in [0, 0.05) is 35.9 Å². The maximum atomic E-state index is 6.41. The van der Waals surface area contributed by atoms with Gasteiger partial charge in [0.2, 0.25) is 0 Å². The maximum absolute atomic E-state index is 6.41. The average molecular weight is 297 g/mol. The number of anilines is 1. The molecule has 0 saturated carbocycles. The summed E-state index contributed by atoms with van der Waals surface area (Å²) in [5.74, 6) is 0.699. The van der Waals surface area contributed by atoms with Crippen LogP contribution >= 0.6 is 11.6 Å². The van der Waals surface area contributed by atoms with Crippen molar-refractivity contribution in [3.8, 4) is 0 Å². The Bertz CT molecular complexity index is 393. The standard InChI is InChI=1S/C17H29ClN2/c1-5-11-19-12-15-16(18)9-8-10-17(15)20(7-3)13-14(4)6-2/h8-10,14,19H,5-7,11-13H2,1-4H3. The Balaban J connectivity index is 2.92. The number of nitrogens with one attached hydrogen (secondary N) is 1. The first kappa shape index (κ1) is 17.3. The lowest BCUT2D eigenvalue weighted by molar-refractivity contribution is 0.546. The maximum Gasteiger partial charge on any atom is 0.0471 e. The summed E-state index contributed by atoms with van der Waals surface area (Å²) in [6.07, 6.45) is 2.35. The van der Waals surface area contributed by atoms with E-state index < -0.39 is 0 Å². The summed E-state index contributed by atoms with van der Waals surface area (Å²) < 4.78 is 0. The predicted octanol–water partition coefficient (Wildman–Crippen LogP) is 4.71. The fraction of sp³-hybridized carbons (Fsp3) is 0.647. The first-order chi connectivity index (χ1) is 9.63. The van der Waals surface area contributed by atoms with E-state index in [1.165, 1.54) is 17.7 Å². The lowest BCUT2D eigenvalue weighted by Crippen LogP contribution is -2.29. The van der Waals surface area contributed by atoms with Crippen molar-refractivity contribution < 1.29 is 0 Å². The molecule has 114 valence electrons. The van der Waals surface area contributed by atoms with Gasteiger partial charge in [0.15, 0.2) is 0 Å². The second-order valence-electron chi connectivity index (χ2n) is 5.47. The van der Waals surface area contributed by atoms with Crippen LogP contribution in [0.15, 0.2) is 18.2 Å². The van der Waals surface area contributed by atoms with Crippen LogP contribution in [0.1, 0.15) is 46.1 Å². The Morgan fingerprint density at radius 1 is 1.25 bits per heavy atom. The van der Waals surface area contributed by atoms with Crippen LogP contribution in [-0.2, 0) is 6.54 Å². The van der Waals surface area contributed by atoms with Crippen LogP contribution in [0.5, 0.6) is 0 Å². The van der Waals surface area contributed by atoms with Gasteiger partial charge in [0.1, 0.15) is 0 Å². The molecule has 0 aliphatic heterocycles. The van der Waals surface area contributed by atoms with Crippen molar-refractivity contribution in [2.45, 2.75) is 47.1 Å². The van der Waals surface area contributed by atoms with Gasteiger partial charge in [0.25, 0.3) is 0 Å². The van der Waals surface area contributed by atoms with Gasteiger partial charge in [-0.1, -0.05) is 44.9 Å². The Morgan fingerprint density at radius 2 is 2.00 bits per heavy atom. The molecule has 0 aromatic heterocycles. The SMILES string of the molecule is CCCNCc1c(Cl)cccc1N(CC)CC(C)CC. The van der Waals surface area contributed by atoms with E-state index in [1.54, 1.807) is 0 Å². The monoisotopic (exact) mass is 296 g/mol. The van der Waals surface area contributed by atoms with Crippen LogP contribution in [-0.4, -0.2) is 19.6 Å². The quantitative estimate of drug-likeness (QED) is 0.664. The molecule has 0 aliphatic carbocycles. The number of rotatable bonds is 9.